The first-order valence-corrected chi connectivity index (χ1v) is 9.98. The van der Waals surface area contributed by atoms with E-state index in [-0.39, 0.29) is 18.3 Å². The highest BCUT2D eigenvalue weighted by molar-refractivity contribution is 7.94. The minimum Gasteiger partial charge on any atom is -0.425 e. The van der Waals surface area contributed by atoms with E-state index in [0.717, 1.165) is 23.2 Å². The van der Waals surface area contributed by atoms with Crippen LogP contribution in [0.5, 0.6) is 5.75 Å². The Bertz CT molecular complexity index is 1160. The molecule has 8 heteroatoms. The Morgan fingerprint density at radius 1 is 1.14 bits per heavy atom. The summed E-state index contributed by atoms with van der Waals surface area (Å²) in [6.07, 6.45) is 3.62. The van der Waals surface area contributed by atoms with E-state index in [1.54, 1.807) is 28.9 Å². The van der Waals surface area contributed by atoms with Gasteiger partial charge in [0, 0.05) is 35.2 Å². The average molecular weight is 408 g/mol. The van der Waals surface area contributed by atoms with E-state index < -0.39 is 0 Å². The highest BCUT2D eigenvalue weighted by Crippen LogP contribution is 2.32. The molecule has 146 valence electrons. The van der Waals surface area contributed by atoms with Gasteiger partial charge in [0.05, 0.1) is 18.6 Å². The Hall–Kier alpha value is -3.39. The molecule has 0 spiro atoms. The van der Waals surface area contributed by atoms with Crippen LogP contribution in [-0.2, 0) is 6.54 Å². The second kappa shape index (κ2) is 8.32. The van der Waals surface area contributed by atoms with Gasteiger partial charge in [-0.2, -0.15) is 0 Å². The van der Waals surface area contributed by atoms with Crippen LogP contribution in [0.4, 0.5) is 4.39 Å². The van der Waals surface area contributed by atoms with Crippen molar-refractivity contribution in [1.82, 2.24) is 19.9 Å². The van der Waals surface area contributed by atoms with Gasteiger partial charge in [-0.3, -0.25) is 9.20 Å². The fourth-order valence-corrected chi connectivity index (χ4v) is 3.28. The number of benzene rings is 2. The van der Waals surface area contributed by atoms with Crippen molar-refractivity contribution in [3.8, 4) is 16.9 Å². The number of carbonyl (C=O) groups is 1. The molecule has 0 atom stereocenters. The zero-order chi connectivity index (χ0) is 20.2. The maximum Gasteiger partial charge on any atom is 0.251 e. The number of hydrogen-bond donors (Lipinski definition) is 1. The van der Waals surface area contributed by atoms with Gasteiger partial charge >= 0.3 is 0 Å². The molecule has 2 aromatic heterocycles. The van der Waals surface area contributed by atoms with E-state index in [2.05, 4.69) is 15.5 Å². The lowest BCUT2D eigenvalue weighted by atomic mass is 10.1. The van der Waals surface area contributed by atoms with E-state index in [9.17, 15) is 9.18 Å². The lowest BCUT2D eigenvalue weighted by molar-refractivity contribution is 0.0950. The number of amides is 1. The Morgan fingerprint density at radius 2 is 1.97 bits per heavy atom. The first-order valence-electron chi connectivity index (χ1n) is 8.83. The van der Waals surface area contributed by atoms with E-state index in [1.165, 1.54) is 12.1 Å². The van der Waals surface area contributed by atoms with Crippen molar-refractivity contribution in [2.24, 2.45) is 0 Å². The number of pyridine rings is 1. The van der Waals surface area contributed by atoms with E-state index in [1.807, 2.05) is 36.5 Å². The van der Waals surface area contributed by atoms with Gasteiger partial charge in [-0.1, -0.05) is 18.2 Å². The second-order valence-corrected chi connectivity index (χ2v) is 6.70. The topological polar surface area (TPSA) is 68.5 Å². The van der Waals surface area contributed by atoms with Gasteiger partial charge in [-0.05, 0) is 36.4 Å². The van der Waals surface area contributed by atoms with Gasteiger partial charge < -0.3 is 9.50 Å². The van der Waals surface area contributed by atoms with E-state index in [0.29, 0.717) is 22.8 Å². The Morgan fingerprint density at radius 3 is 2.76 bits per heavy atom. The van der Waals surface area contributed by atoms with Crippen LogP contribution in [-0.4, -0.2) is 26.8 Å². The third-order valence-corrected chi connectivity index (χ3v) is 4.69. The Kier molecular flexibility index (Phi) is 5.44. The highest BCUT2D eigenvalue weighted by atomic mass is 32.2. The lowest BCUT2D eigenvalue weighted by Crippen LogP contribution is -2.23. The van der Waals surface area contributed by atoms with Crippen LogP contribution in [0.3, 0.4) is 0 Å². The number of halogens is 1. The summed E-state index contributed by atoms with van der Waals surface area (Å²) >= 11 is 1.14. The number of fused-ring (bicyclic) bond motifs is 1. The monoisotopic (exact) mass is 408 g/mol. The highest BCUT2D eigenvalue weighted by Gasteiger charge is 2.13. The molecule has 6 nitrogen and oxygen atoms in total. The first-order chi connectivity index (χ1) is 14.2. The van der Waals surface area contributed by atoms with Crippen molar-refractivity contribution >= 4 is 23.6 Å². The minimum absolute atomic E-state index is 0.187. The molecule has 2 aromatic carbocycles. The van der Waals surface area contributed by atoms with Gasteiger partial charge in [-0.25, -0.2) is 4.39 Å². The summed E-state index contributed by atoms with van der Waals surface area (Å²) in [7, 11) is 0. The van der Waals surface area contributed by atoms with Gasteiger partial charge in [0.25, 0.3) is 5.91 Å². The molecule has 0 saturated heterocycles. The SMILES string of the molecule is CSOc1cc(F)ccc1-c1ccc2nnc(CNC(=O)c3ccccc3)n2c1. The van der Waals surface area contributed by atoms with Crippen LogP contribution < -0.4 is 9.50 Å². The summed E-state index contributed by atoms with van der Waals surface area (Å²) in [5.41, 5.74) is 2.78. The summed E-state index contributed by atoms with van der Waals surface area (Å²) in [5, 5.41) is 11.2. The molecule has 0 aliphatic carbocycles. The zero-order valence-corrected chi connectivity index (χ0v) is 16.3. The molecule has 0 fully saturated rings. The van der Waals surface area contributed by atoms with Crippen LogP contribution in [0.25, 0.3) is 16.8 Å². The predicted molar refractivity (Wildman–Crippen MR) is 110 cm³/mol. The summed E-state index contributed by atoms with van der Waals surface area (Å²) < 4.78 is 20.9. The molecule has 2 heterocycles. The molecule has 4 rings (SSSR count). The molecule has 1 amide bonds. The molecule has 0 aliphatic heterocycles. The predicted octanol–water partition coefficient (Wildman–Crippen LogP) is 4.12. The lowest BCUT2D eigenvalue weighted by Gasteiger charge is -2.10. The van der Waals surface area contributed by atoms with Gasteiger partial charge in [0.2, 0.25) is 0 Å². The molecular weight excluding hydrogens is 391 g/mol. The van der Waals surface area contributed by atoms with Crippen LogP contribution in [0.15, 0.2) is 66.9 Å². The van der Waals surface area contributed by atoms with Crippen molar-refractivity contribution in [2.75, 3.05) is 6.26 Å². The smallest absolute Gasteiger partial charge is 0.251 e. The van der Waals surface area contributed by atoms with Gasteiger partial charge in [-0.15, -0.1) is 10.2 Å². The normalized spacial score (nSPS) is 10.8. The van der Waals surface area contributed by atoms with Crippen LogP contribution >= 0.6 is 12.0 Å². The molecule has 29 heavy (non-hydrogen) atoms. The Labute approximate surface area is 170 Å². The van der Waals surface area contributed by atoms with E-state index >= 15 is 0 Å². The van der Waals surface area contributed by atoms with Crippen LogP contribution in [0.1, 0.15) is 16.2 Å². The average Bonchev–Trinajstić information content (AvgIpc) is 3.15. The Balaban J connectivity index is 1.63. The number of aromatic nitrogens is 3. The fraction of sp³-hybridized carbons (Fsp3) is 0.0952. The third-order valence-electron chi connectivity index (χ3n) is 4.34. The summed E-state index contributed by atoms with van der Waals surface area (Å²) in [5.74, 6) is 0.463. The van der Waals surface area contributed by atoms with E-state index in [4.69, 9.17) is 4.18 Å². The second-order valence-electron chi connectivity index (χ2n) is 6.20. The molecule has 0 saturated carbocycles. The first kappa shape index (κ1) is 18.9. The van der Waals surface area contributed by atoms with Crippen LogP contribution in [0.2, 0.25) is 0 Å². The van der Waals surface area contributed by atoms with Gasteiger partial charge in [0.15, 0.2) is 11.5 Å². The largest absolute Gasteiger partial charge is 0.425 e. The summed E-state index contributed by atoms with van der Waals surface area (Å²) in [6.45, 7) is 0.218. The summed E-state index contributed by atoms with van der Waals surface area (Å²) in [6, 6.07) is 17.1. The standard InChI is InChI=1S/C21H17FN4O2S/c1-29-28-18-11-16(22)8-9-17(18)15-7-10-19-24-25-20(26(19)13-15)12-23-21(27)14-5-3-2-4-6-14/h2-11,13H,12H2,1H3,(H,23,27). The minimum atomic E-state index is -0.368. The number of nitrogens with zero attached hydrogens (tertiary/aromatic N) is 3. The number of hydrogen-bond acceptors (Lipinski definition) is 5. The van der Waals surface area contributed by atoms with Crippen molar-refractivity contribution in [2.45, 2.75) is 6.54 Å². The van der Waals surface area contributed by atoms with Gasteiger partial charge in [0.1, 0.15) is 11.6 Å². The zero-order valence-electron chi connectivity index (χ0n) is 15.5. The third kappa shape index (κ3) is 4.07. The number of nitrogens with one attached hydrogen (secondary N) is 1. The summed E-state index contributed by atoms with van der Waals surface area (Å²) in [4.78, 5) is 12.3. The maximum atomic E-state index is 13.6. The molecule has 0 radical (unpaired) electrons. The van der Waals surface area contributed by atoms with Crippen molar-refractivity contribution < 1.29 is 13.4 Å². The van der Waals surface area contributed by atoms with Crippen molar-refractivity contribution in [1.29, 1.82) is 0 Å². The molecule has 0 aliphatic rings. The van der Waals surface area contributed by atoms with Crippen molar-refractivity contribution in [3.63, 3.8) is 0 Å². The maximum absolute atomic E-state index is 13.6. The van der Waals surface area contributed by atoms with Crippen molar-refractivity contribution in [3.05, 3.63) is 84.1 Å². The molecule has 4 aromatic rings. The molecule has 0 unspecified atom stereocenters. The van der Waals surface area contributed by atoms with Crippen LogP contribution in [0, 0.1) is 5.82 Å². The number of carbonyl (C=O) groups excluding carboxylic acids is 1. The molecular formula is C21H17FN4O2S. The molecule has 0 bridgehead atoms. The number of rotatable bonds is 6. The fourth-order valence-electron chi connectivity index (χ4n) is 2.96. The quantitative estimate of drug-likeness (QED) is 0.486. The molecule has 1 N–H and O–H groups in total.